The van der Waals surface area contributed by atoms with Crippen molar-refractivity contribution in [2.24, 2.45) is 0 Å². The topological polar surface area (TPSA) is 0 Å². The molecular formula is C8H21P. The lowest BCUT2D eigenvalue weighted by Gasteiger charge is -1.79. The van der Waals surface area contributed by atoms with Crippen LogP contribution in [0, 0.1) is 0 Å². The quantitative estimate of drug-likeness (QED) is 0.537. The molecule has 0 spiro atoms. The van der Waals surface area contributed by atoms with Gasteiger partial charge in [-0.1, -0.05) is 46.5 Å². The third kappa shape index (κ3) is 29.6. The third-order valence-electron chi connectivity index (χ3n) is 1.06. The summed E-state index contributed by atoms with van der Waals surface area (Å²) in [6.45, 7) is 6.56. The van der Waals surface area contributed by atoms with Gasteiger partial charge in [0.2, 0.25) is 0 Å². The Kier molecular flexibility index (Phi) is 21.3. The van der Waals surface area contributed by atoms with Gasteiger partial charge in [0, 0.05) is 0 Å². The van der Waals surface area contributed by atoms with Crippen LogP contribution in [-0.4, -0.2) is 6.16 Å². The summed E-state index contributed by atoms with van der Waals surface area (Å²) in [5, 5.41) is 0. The van der Waals surface area contributed by atoms with Crippen molar-refractivity contribution in [3.8, 4) is 0 Å². The Balaban J connectivity index is 0. The number of rotatable bonds is 3. The highest BCUT2D eigenvalue weighted by Gasteiger charge is 1.68. The molecule has 58 valence electrons. The molecule has 1 heteroatoms. The zero-order valence-corrected chi connectivity index (χ0v) is 8.27. The molecule has 0 aliphatic rings. The van der Waals surface area contributed by atoms with E-state index in [2.05, 4.69) is 30.0 Å². The minimum Gasteiger partial charge on any atom is -0.138 e. The second-order valence-corrected chi connectivity index (χ2v) is 2.72. The van der Waals surface area contributed by atoms with E-state index in [-0.39, 0.29) is 0 Å². The predicted octanol–water partition coefficient (Wildman–Crippen LogP) is 3.47. The van der Waals surface area contributed by atoms with Crippen molar-refractivity contribution in [1.29, 1.82) is 0 Å². The number of hydrogen-bond donors (Lipinski definition) is 0. The van der Waals surface area contributed by atoms with Gasteiger partial charge in [-0.05, 0) is 6.16 Å². The van der Waals surface area contributed by atoms with Crippen LogP contribution in [0.5, 0.6) is 0 Å². The Labute approximate surface area is 62.6 Å². The maximum atomic E-state index is 2.70. The molecule has 0 saturated carbocycles. The van der Waals surface area contributed by atoms with Crippen LogP contribution in [0.15, 0.2) is 0 Å². The molecule has 0 aliphatic carbocycles. The van der Waals surface area contributed by atoms with Crippen LogP contribution in [0.1, 0.15) is 46.5 Å². The molecule has 0 amide bonds. The minimum absolute atomic E-state index is 1.26. The summed E-state index contributed by atoms with van der Waals surface area (Å²) in [7, 11) is 2.70. The SMILES string of the molecule is CCCC.CCCCP. The molecule has 0 aromatic carbocycles. The predicted molar refractivity (Wildman–Crippen MR) is 50.1 cm³/mol. The Hall–Kier alpha value is 0.430. The smallest absolute Gasteiger partial charge is 0.0381 e. The fourth-order valence-electron chi connectivity index (χ4n) is 0.204. The molecule has 0 aromatic heterocycles. The van der Waals surface area contributed by atoms with Gasteiger partial charge in [-0.2, -0.15) is 0 Å². The standard InChI is InChI=1S/C4H11P.C4H10/c1-2-3-4-5;1-3-4-2/h2-5H2,1H3;3-4H2,1-2H3. The van der Waals surface area contributed by atoms with Gasteiger partial charge in [-0.3, -0.25) is 0 Å². The highest BCUT2D eigenvalue weighted by Crippen LogP contribution is 1.89. The molecule has 0 nitrogen and oxygen atoms in total. The van der Waals surface area contributed by atoms with Crippen LogP contribution >= 0.6 is 9.24 Å². The van der Waals surface area contributed by atoms with Gasteiger partial charge in [-0.25, -0.2) is 0 Å². The highest BCUT2D eigenvalue weighted by atomic mass is 31.0. The van der Waals surface area contributed by atoms with E-state index in [1.54, 1.807) is 0 Å². The molecule has 0 N–H and O–H groups in total. The fraction of sp³-hybridized carbons (Fsp3) is 1.00. The van der Waals surface area contributed by atoms with Gasteiger partial charge in [0.1, 0.15) is 0 Å². The lowest BCUT2D eigenvalue weighted by molar-refractivity contribution is 0.886. The van der Waals surface area contributed by atoms with Crippen molar-refractivity contribution in [3.63, 3.8) is 0 Å². The molecule has 0 heterocycles. The highest BCUT2D eigenvalue weighted by molar-refractivity contribution is 7.16. The molecule has 1 unspecified atom stereocenters. The van der Waals surface area contributed by atoms with E-state index in [9.17, 15) is 0 Å². The largest absolute Gasteiger partial charge is 0.138 e. The summed E-state index contributed by atoms with van der Waals surface area (Å²) in [5.41, 5.74) is 0. The molecule has 0 aliphatic heterocycles. The lowest BCUT2D eigenvalue weighted by atomic mass is 10.4. The van der Waals surface area contributed by atoms with E-state index in [0.29, 0.717) is 0 Å². The zero-order chi connectivity index (χ0) is 7.54. The van der Waals surface area contributed by atoms with Crippen LogP contribution in [-0.2, 0) is 0 Å². The fourth-order valence-corrected chi connectivity index (χ4v) is 0.612. The van der Waals surface area contributed by atoms with Crippen molar-refractivity contribution in [3.05, 3.63) is 0 Å². The summed E-state index contributed by atoms with van der Waals surface area (Å²) >= 11 is 0. The second kappa shape index (κ2) is 15.8. The molecular weight excluding hydrogens is 127 g/mol. The molecule has 0 bridgehead atoms. The van der Waals surface area contributed by atoms with E-state index in [1.165, 1.54) is 31.8 Å². The van der Waals surface area contributed by atoms with Crippen molar-refractivity contribution in [1.82, 2.24) is 0 Å². The lowest BCUT2D eigenvalue weighted by Crippen LogP contribution is -1.64. The van der Waals surface area contributed by atoms with Crippen molar-refractivity contribution in [2.75, 3.05) is 6.16 Å². The van der Waals surface area contributed by atoms with Gasteiger partial charge >= 0.3 is 0 Å². The van der Waals surface area contributed by atoms with E-state index in [1.807, 2.05) is 0 Å². The number of hydrogen-bond acceptors (Lipinski definition) is 0. The maximum absolute atomic E-state index is 2.70. The molecule has 1 atom stereocenters. The molecule has 0 rings (SSSR count). The van der Waals surface area contributed by atoms with E-state index >= 15 is 0 Å². The Bertz CT molecular complexity index is 23.7. The maximum Gasteiger partial charge on any atom is -0.0381 e. The summed E-state index contributed by atoms with van der Waals surface area (Å²) in [6.07, 6.45) is 6.57. The molecule has 0 fully saturated rings. The first kappa shape index (κ1) is 12.1. The van der Waals surface area contributed by atoms with Crippen LogP contribution in [0.4, 0.5) is 0 Å². The summed E-state index contributed by atoms with van der Waals surface area (Å²) in [4.78, 5) is 0. The van der Waals surface area contributed by atoms with E-state index in [4.69, 9.17) is 0 Å². The second-order valence-electron chi connectivity index (χ2n) is 2.14. The Morgan fingerprint density at radius 3 is 1.33 bits per heavy atom. The van der Waals surface area contributed by atoms with Crippen LogP contribution < -0.4 is 0 Å². The molecule has 0 saturated heterocycles. The average molecular weight is 148 g/mol. The number of unbranched alkanes of at least 4 members (excludes halogenated alkanes) is 2. The molecule has 0 radical (unpaired) electrons. The van der Waals surface area contributed by atoms with Crippen LogP contribution in [0.25, 0.3) is 0 Å². The Morgan fingerprint density at radius 2 is 1.33 bits per heavy atom. The first-order valence-corrected chi connectivity index (χ1v) is 4.85. The van der Waals surface area contributed by atoms with E-state index in [0.717, 1.165) is 0 Å². The van der Waals surface area contributed by atoms with Gasteiger partial charge in [0.05, 0.1) is 0 Å². The van der Waals surface area contributed by atoms with E-state index < -0.39 is 0 Å². The minimum atomic E-state index is 1.26. The monoisotopic (exact) mass is 148 g/mol. The molecule has 9 heavy (non-hydrogen) atoms. The third-order valence-corrected chi connectivity index (χ3v) is 1.47. The Morgan fingerprint density at radius 1 is 0.889 bits per heavy atom. The van der Waals surface area contributed by atoms with Gasteiger partial charge in [0.25, 0.3) is 0 Å². The summed E-state index contributed by atoms with van der Waals surface area (Å²) in [6, 6.07) is 0. The van der Waals surface area contributed by atoms with Gasteiger partial charge < -0.3 is 0 Å². The molecule has 0 aromatic rings. The normalized spacial score (nSPS) is 8.00. The van der Waals surface area contributed by atoms with Crippen LogP contribution in [0.2, 0.25) is 0 Å². The zero-order valence-electron chi connectivity index (χ0n) is 7.11. The summed E-state index contributed by atoms with van der Waals surface area (Å²) in [5.74, 6) is 0. The van der Waals surface area contributed by atoms with Crippen LogP contribution in [0.3, 0.4) is 0 Å². The van der Waals surface area contributed by atoms with Crippen molar-refractivity contribution >= 4 is 9.24 Å². The first-order chi connectivity index (χ1) is 4.33. The van der Waals surface area contributed by atoms with Crippen molar-refractivity contribution < 1.29 is 0 Å². The first-order valence-electron chi connectivity index (χ1n) is 4.03. The van der Waals surface area contributed by atoms with Gasteiger partial charge in [0.15, 0.2) is 0 Å². The van der Waals surface area contributed by atoms with Crippen molar-refractivity contribution in [2.45, 2.75) is 46.5 Å². The average Bonchev–Trinajstić information content (AvgIpc) is 1.91. The van der Waals surface area contributed by atoms with Gasteiger partial charge in [-0.15, -0.1) is 9.24 Å². The summed E-state index contributed by atoms with van der Waals surface area (Å²) < 4.78 is 0.